The zero-order chi connectivity index (χ0) is 19.7. The Hall–Kier alpha value is -3.23. The van der Waals surface area contributed by atoms with Gasteiger partial charge in [-0.1, -0.05) is 6.07 Å². The number of nitrogens with zero attached hydrogens (tertiary/aromatic N) is 4. The van der Waals surface area contributed by atoms with Crippen LogP contribution in [0.25, 0.3) is 11.6 Å². The molecule has 1 fully saturated rings. The van der Waals surface area contributed by atoms with Crippen LogP contribution in [0, 0.1) is 0 Å². The van der Waals surface area contributed by atoms with Gasteiger partial charge in [-0.3, -0.25) is 0 Å². The van der Waals surface area contributed by atoms with Crippen molar-refractivity contribution < 1.29 is 22.6 Å². The summed E-state index contributed by atoms with van der Waals surface area (Å²) in [5.41, 5.74) is 1.84. The maximum Gasteiger partial charge on any atom is 0.573 e. The fourth-order valence-electron chi connectivity index (χ4n) is 3.12. The second kappa shape index (κ2) is 7.06. The largest absolute Gasteiger partial charge is 0.573 e. The standard InChI is InChI=1S/C19H15F3N4O2/c1-27-16-7-11(3-4-15(16)28-19(20,21)22)13-8-14(13)12-9-25-18(26-10-12)17-23-5-2-6-24-17/h2-7,9-10,13-14H,8H2,1H3/t13-,14+/m1/s1. The van der Waals surface area contributed by atoms with E-state index >= 15 is 0 Å². The van der Waals surface area contributed by atoms with Crippen molar-refractivity contribution in [2.45, 2.75) is 24.6 Å². The van der Waals surface area contributed by atoms with Crippen LogP contribution in [0.3, 0.4) is 0 Å². The molecular weight excluding hydrogens is 373 g/mol. The molecule has 0 unspecified atom stereocenters. The van der Waals surface area contributed by atoms with E-state index in [-0.39, 0.29) is 23.3 Å². The van der Waals surface area contributed by atoms with Crippen molar-refractivity contribution in [2.75, 3.05) is 7.11 Å². The predicted molar refractivity (Wildman–Crippen MR) is 92.8 cm³/mol. The Morgan fingerprint density at radius 1 is 0.893 bits per heavy atom. The van der Waals surface area contributed by atoms with Crippen molar-refractivity contribution in [3.8, 4) is 23.1 Å². The minimum atomic E-state index is -4.77. The van der Waals surface area contributed by atoms with Gasteiger partial charge < -0.3 is 9.47 Å². The molecule has 4 rings (SSSR count). The molecule has 6 nitrogen and oxygen atoms in total. The predicted octanol–water partition coefficient (Wildman–Crippen LogP) is 4.11. The van der Waals surface area contributed by atoms with Crippen molar-refractivity contribution in [1.29, 1.82) is 0 Å². The van der Waals surface area contributed by atoms with Gasteiger partial charge in [-0.2, -0.15) is 0 Å². The van der Waals surface area contributed by atoms with E-state index in [1.54, 1.807) is 43.0 Å². The Bertz CT molecular complexity index is 965. The minimum absolute atomic E-state index is 0.0494. The molecule has 9 heteroatoms. The Kier molecular flexibility index (Phi) is 4.58. The maximum atomic E-state index is 12.5. The molecule has 28 heavy (non-hydrogen) atoms. The van der Waals surface area contributed by atoms with Crippen LogP contribution in [0.4, 0.5) is 13.2 Å². The van der Waals surface area contributed by atoms with Crippen LogP contribution >= 0.6 is 0 Å². The first-order valence-electron chi connectivity index (χ1n) is 8.47. The molecule has 2 atom stereocenters. The molecule has 3 aromatic rings. The zero-order valence-electron chi connectivity index (χ0n) is 14.7. The summed E-state index contributed by atoms with van der Waals surface area (Å²) < 4.78 is 46.4. The maximum absolute atomic E-state index is 12.5. The fraction of sp³-hybridized carbons (Fsp3) is 0.263. The number of rotatable bonds is 5. The molecule has 2 aromatic heterocycles. The molecule has 0 amide bonds. The van der Waals surface area contributed by atoms with E-state index < -0.39 is 6.36 Å². The summed E-state index contributed by atoms with van der Waals surface area (Å²) in [6.07, 6.45) is 2.81. The van der Waals surface area contributed by atoms with Crippen molar-refractivity contribution in [1.82, 2.24) is 19.9 Å². The van der Waals surface area contributed by atoms with Crippen molar-refractivity contribution in [3.63, 3.8) is 0 Å². The average Bonchev–Trinajstić information content (AvgIpc) is 3.49. The van der Waals surface area contributed by atoms with Crippen LogP contribution in [-0.2, 0) is 0 Å². The van der Waals surface area contributed by atoms with Gasteiger partial charge in [0.05, 0.1) is 7.11 Å². The number of ether oxygens (including phenoxy) is 2. The first-order chi connectivity index (χ1) is 13.4. The summed E-state index contributed by atoms with van der Waals surface area (Å²) in [5, 5.41) is 0. The second-order valence-corrected chi connectivity index (χ2v) is 6.32. The van der Waals surface area contributed by atoms with Crippen molar-refractivity contribution in [2.24, 2.45) is 0 Å². The summed E-state index contributed by atoms with van der Waals surface area (Å²) in [4.78, 5) is 16.9. The van der Waals surface area contributed by atoms with Gasteiger partial charge in [0.15, 0.2) is 23.1 Å². The minimum Gasteiger partial charge on any atom is -0.493 e. The Morgan fingerprint density at radius 3 is 2.18 bits per heavy atom. The highest BCUT2D eigenvalue weighted by atomic mass is 19.4. The third kappa shape index (κ3) is 3.88. The van der Waals surface area contributed by atoms with Gasteiger partial charge in [-0.15, -0.1) is 13.2 Å². The van der Waals surface area contributed by atoms with Crippen LogP contribution in [0.1, 0.15) is 29.4 Å². The molecule has 144 valence electrons. The first kappa shape index (κ1) is 18.1. The lowest BCUT2D eigenvalue weighted by molar-refractivity contribution is -0.275. The summed E-state index contributed by atoms with van der Waals surface area (Å²) in [5.74, 6) is 0.948. The number of methoxy groups -OCH3 is 1. The summed E-state index contributed by atoms with van der Waals surface area (Å²) >= 11 is 0. The van der Waals surface area contributed by atoms with Crippen molar-refractivity contribution >= 4 is 0 Å². The monoisotopic (exact) mass is 388 g/mol. The SMILES string of the molecule is COc1cc([C@H]2C[C@H]2c2cnc(-c3ncccn3)nc2)ccc1OC(F)(F)F. The molecule has 0 N–H and O–H groups in total. The van der Waals surface area contributed by atoms with E-state index in [1.807, 2.05) is 0 Å². The topological polar surface area (TPSA) is 70.0 Å². The Morgan fingerprint density at radius 2 is 1.54 bits per heavy atom. The zero-order valence-corrected chi connectivity index (χ0v) is 14.7. The van der Waals surface area contributed by atoms with Gasteiger partial charge >= 0.3 is 6.36 Å². The molecule has 0 bridgehead atoms. The third-order valence-electron chi connectivity index (χ3n) is 4.50. The van der Waals surface area contributed by atoms with Crippen LogP contribution in [-0.4, -0.2) is 33.4 Å². The van der Waals surface area contributed by atoms with Gasteiger partial charge in [0, 0.05) is 24.8 Å². The van der Waals surface area contributed by atoms with E-state index in [0.717, 1.165) is 17.5 Å². The second-order valence-electron chi connectivity index (χ2n) is 6.32. The molecule has 0 aliphatic heterocycles. The molecule has 1 saturated carbocycles. The van der Waals surface area contributed by atoms with E-state index in [1.165, 1.54) is 13.2 Å². The van der Waals surface area contributed by atoms with Gasteiger partial charge in [0.25, 0.3) is 0 Å². The van der Waals surface area contributed by atoms with Crippen LogP contribution in [0.15, 0.2) is 49.1 Å². The normalized spacial score (nSPS) is 18.6. The van der Waals surface area contributed by atoms with Gasteiger partial charge in [-0.25, -0.2) is 19.9 Å². The summed E-state index contributed by atoms with van der Waals surface area (Å²) in [7, 11) is 1.31. The molecule has 1 aliphatic carbocycles. The van der Waals surface area contributed by atoms with Crippen LogP contribution in [0.2, 0.25) is 0 Å². The number of aromatic nitrogens is 4. The third-order valence-corrected chi connectivity index (χ3v) is 4.50. The Labute approximate surface area is 158 Å². The van der Waals surface area contributed by atoms with E-state index in [0.29, 0.717) is 11.6 Å². The molecule has 0 radical (unpaired) electrons. The Balaban J connectivity index is 1.49. The van der Waals surface area contributed by atoms with Gasteiger partial charge in [-0.05, 0) is 47.6 Å². The molecule has 2 heterocycles. The lowest BCUT2D eigenvalue weighted by Gasteiger charge is -2.13. The lowest BCUT2D eigenvalue weighted by atomic mass is 10.1. The molecule has 1 aromatic carbocycles. The number of benzene rings is 1. The molecule has 0 saturated heterocycles. The quantitative estimate of drug-likeness (QED) is 0.655. The highest BCUT2D eigenvalue weighted by molar-refractivity contribution is 5.47. The fourth-order valence-corrected chi connectivity index (χ4v) is 3.12. The first-order valence-corrected chi connectivity index (χ1v) is 8.47. The molecular formula is C19H15F3N4O2. The number of hydrogen-bond acceptors (Lipinski definition) is 6. The van der Waals surface area contributed by atoms with Crippen molar-refractivity contribution in [3.05, 3.63) is 60.2 Å². The van der Waals surface area contributed by atoms with E-state index in [9.17, 15) is 13.2 Å². The van der Waals surface area contributed by atoms with Crippen LogP contribution in [0.5, 0.6) is 11.5 Å². The average molecular weight is 388 g/mol. The van der Waals surface area contributed by atoms with Crippen LogP contribution < -0.4 is 9.47 Å². The summed E-state index contributed by atoms with van der Waals surface area (Å²) in [6.45, 7) is 0. The van der Waals surface area contributed by atoms with Gasteiger partial charge in [0.2, 0.25) is 0 Å². The molecule has 0 spiro atoms. The molecule has 1 aliphatic rings. The number of halogens is 3. The van der Waals surface area contributed by atoms with E-state index in [4.69, 9.17) is 4.74 Å². The lowest BCUT2D eigenvalue weighted by Crippen LogP contribution is -2.17. The highest BCUT2D eigenvalue weighted by Crippen LogP contribution is 2.55. The summed E-state index contributed by atoms with van der Waals surface area (Å²) in [6, 6.07) is 6.20. The number of hydrogen-bond donors (Lipinski definition) is 0. The highest BCUT2D eigenvalue weighted by Gasteiger charge is 2.41. The number of alkyl halides is 3. The smallest absolute Gasteiger partial charge is 0.493 e. The van der Waals surface area contributed by atoms with Gasteiger partial charge in [0.1, 0.15) is 0 Å². The van der Waals surface area contributed by atoms with E-state index in [2.05, 4.69) is 24.7 Å².